The first-order chi connectivity index (χ1) is 14.7. The molecule has 0 radical (unpaired) electrons. The molecule has 0 bridgehead atoms. The molecule has 1 saturated carbocycles. The van der Waals surface area contributed by atoms with E-state index in [1.807, 2.05) is 36.4 Å². The summed E-state index contributed by atoms with van der Waals surface area (Å²) in [6.45, 7) is 1.17. The van der Waals surface area contributed by atoms with Gasteiger partial charge in [-0.25, -0.2) is 9.97 Å². The van der Waals surface area contributed by atoms with Crippen LogP contribution in [0.5, 0.6) is 11.6 Å². The highest BCUT2D eigenvalue weighted by Gasteiger charge is 2.22. The molecular formula is C23H25N3O4. The number of hydrogen-bond donors (Lipinski definition) is 1. The van der Waals surface area contributed by atoms with Gasteiger partial charge in [0.15, 0.2) is 11.7 Å². The van der Waals surface area contributed by atoms with Gasteiger partial charge in [0.1, 0.15) is 5.75 Å². The van der Waals surface area contributed by atoms with Crippen LogP contribution < -0.4 is 14.8 Å². The molecule has 0 atom stereocenters. The van der Waals surface area contributed by atoms with Crippen LogP contribution in [0.1, 0.15) is 30.7 Å². The number of nitrogens with zero attached hydrogens (tertiary/aromatic N) is 2. The summed E-state index contributed by atoms with van der Waals surface area (Å²) in [5.74, 6) is 3.26. The van der Waals surface area contributed by atoms with Gasteiger partial charge in [-0.05, 0) is 48.6 Å². The number of oxazole rings is 1. The molecule has 1 N–H and O–H groups in total. The van der Waals surface area contributed by atoms with E-state index in [4.69, 9.17) is 13.9 Å². The van der Waals surface area contributed by atoms with Gasteiger partial charge in [0, 0.05) is 37.2 Å². The molecule has 1 fully saturated rings. The van der Waals surface area contributed by atoms with Crippen LogP contribution in [-0.2, 0) is 17.8 Å². The fourth-order valence-corrected chi connectivity index (χ4v) is 2.91. The van der Waals surface area contributed by atoms with Crippen LogP contribution in [-0.4, -0.2) is 29.6 Å². The van der Waals surface area contributed by atoms with E-state index >= 15 is 0 Å². The number of rotatable bonds is 10. The molecule has 0 unspecified atom stereocenters. The lowest BCUT2D eigenvalue weighted by molar-refractivity contribution is -0.121. The van der Waals surface area contributed by atoms with Crippen LogP contribution in [0.15, 0.2) is 53.2 Å². The average molecular weight is 407 g/mol. The summed E-state index contributed by atoms with van der Waals surface area (Å²) in [4.78, 5) is 20.7. The molecule has 156 valence electrons. The van der Waals surface area contributed by atoms with Gasteiger partial charge in [-0.15, -0.1) is 0 Å². The molecule has 1 amide bonds. The second-order valence-electron chi connectivity index (χ2n) is 7.38. The van der Waals surface area contributed by atoms with E-state index in [9.17, 15) is 4.79 Å². The number of methoxy groups -OCH3 is 1. The molecule has 3 aromatic rings. The maximum atomic E-state index is 12.1. The van der Waals surface area contributed by atoms with Gasteiger partial charge in [-0.2, -0.15) is 0 Å². The highest BCUT2D eigenvalue weighted by molar-refractivity contribution is 5.76. The number of carbonyl (C=O) groups excluding carboxylic acids is 1. The van der Waals surface area contributed by atoms with E-state index in [1.165, 1.54) is 12.8 Å². The fraction of sp³-hybridized carbons (Fsp3) is 0.348. The molecule has 7 nitrogen and oxygen atoms in total. The molecule has 1 aliphatic rings. The highest BCUT2D eigenvalue weighted by atomic mass is 16.5. The van der Waals surface area contributed by atoms with Gasteiger partial charge in [0.25, 0.3) is 0 Å². The fourth-order valence-electron chi connectivity index (χ4n) is 2.91. The van der Waals surface area contributed by atoms with Crippen molar-refractivity contribution in [2.75, 3.05) is 13.7 Å². The Morgan fingerprint density at radius 1 is 1.13 bits per heavy atom. The molecule has 30 heavy (non-hydrogen) atoms. The summed E-state index contributed by atoms with van der Waals surface area (Å²) in [5, 5.41) is 2.90. The van der Waals surface area contributed by atoms with Crippen LogP contribution in [0.25, 0.3) is 11.3 Å². The summed E-state index contributed by atoms with van der Waals surface area (Å²) in [6, 6.07) is 11.3. The maximum absolute atomic E-state index is 12.1. The van der Waals surface area contributed by atoms with Crippen molar-refractivity contribution in [3.63, 3.8) is 0 Å². The van der Waals surface area contributed by atoms with Crippen LogP contribution >= 0.6 is 0 Å². The first kappa shape index (κ1) is 19.9. The number of hydrogen-bond acceptors (Lipinski definition) is 6. The monoisotopic (exact) mass is 407 g/mol. The minimum Gasteiger partial charge on any atom is -0.497 e. The predicted molar refractivity (Wildman–Crippen MR) is 111 cm³/mol. The molecule has 0 aliphatic heterocycles. The van der Waals surface area contributed by atoms with Gasteiger partial charge in [0.2, 0.25) is 11.8 Å². The van der Waals surface area contributed by atoms with Crippen molar-refractivity contribution in [1.82, 2.24) is 15.3 Å². The number of nitrogens with one attached hydrogen (secondary N) is 1. The van der Waals surface area contributed by atoms with E-state index in [1.54, 1.807) is 19.5 Å². The quantitative estimate of drug-likeness (QED) is 0.550. The number of aromatic nitrogens is 2. The van der Waals surface area contributed by atoms with Gasteiger partial charge in [0.05, 0.1) is 19.9 Å². The van der Waals surface area contributed by atoms with Crippen molar-refractivity contribution >= 4 is 5.91 Å². The third-order valence-electron chi connectivity index (χ3n) is 4.95. The molecule has 0 saturated heterocycles. The SMILES string of the molecule is COc1ccc(-c2cnc(CCC(=O)NCc3ccc(OCC4CC4)nc3)o2)cc1. The normalized spacial score (nSPS) is 13.1. The van der Waals surface area contributed by atoms with E-state index in [2.05, 4.69) is 15.3 Å². The van der Waals surface area contributed by atoms with Crippen LogP contribution in [0.3, 0.4) is 0 Å². The zero-order chi connectivity index (χ0) is 20.8. The van der Waals surface area contributed by atoms with Gasteiger partial charge in [-0.1, -0.05) is 6.07 Å². The lowest BCUT2D eigenvalue weighted by Gasteiger charge is -2.07. The molecule has 2 aromatic heterocycles. The molecule has 2 heterocycles. The summed E-state index contributed by atoms with van der Waals surface area (Å²) in [7, 11) is 1.63. The molecular weight excluding hydrogens is 382 g/mol. The van der Waals surface area contributed by atoms with Crippen molar-refractivity contribution in [2.45, 2.75) is 32.2 Å². The predicted octanol–water partition coefficient (Wildman–Crippen LogP) is 3.78. The third-order valence-corrected chi connectivity index (χ3v) is 4.95. The van der Waals surface area contributed by atoms with Crippen molar-refractivity contribution in [3.8, 4) is 23.0 Å². The van der Waals surface area contributed by atoms with E-state index < -0.39 is 0 Å². The molecule has 1 aliphatic carbocycles. The molecule has 0 spiro atoms. The van der Waals surface area contributed by atoms with Crippen molar-refractivity contribution in [3.05, 3.63) is 60.2 Å². The van der Waals surface area contributed by atoms with Crippen LogP contribution in [0.4, 0.5) is 0 Å². The second-order valence-corrected chi connectivity index (χ2v) is 7.38. The Bertz CT molecular complexity index is 963. The number of amides is 1. The molecule has 1 aromatic carbocycles. The zero-order valence-electron chi connectivity index (χ0n) is 17.0. The van der Waals surface area contributed by atoms with Crippen molar-refractivity contribution in [2.24, 2.45) is 5.92 Å². The summed E-state index contributed by atoms with van der Waals surface area (Å²) >= 11 is 0. The largest absolute Gasteiger partial charge is 0.497 e. The minimum atomic E-state index is -0.0618. The molecule has 7 heteroatoms. The van der Waals surface area contributed by atoms with Crippen molar-refractivity contribution < 1.29 is 18.7 Å². The first-order valence-electron chi connectivity index (χ1n) is 10.1. The highest BCUT2D eigenvalue weighted by Crippen LogP contribution is 2.29. The van der Waals surface area contributed by atoms with Gasteiger partial charge >= 0.3 is 0 Å². The Morgan fingerprint density at radius 2 is 1.97 bits per heavy atom. The Balaban J connectivity index is 1.20. The third kappa shape index (κ3) is 5.59. The summed E-state index contributed by atoms with van der Waals surface area (Å²) in [6.07, 6.45) is 6.65. The Kier molecular flexibility index (Phi) is 6.27. The summed E-state index contributed by atoms with van der Waals surface area (Å²) < 4.78 is 16.5. The average Bonchev–Trinajstić information content (AvgIpc) is 3.50. The number of aryl methyl sites for hydroxylation is 1. The second kappa shape index (κ2) is 9.43. The van der Waals surface area contributed by atoms with E-state index in [-0.39, 0.29) is 5.91 Å². The lowest BCUT2D eigenvalue weighted by atomic mass is 10.2. The first-order valence-corrected chi connectivity index (χ1v) is 10.1. The number of ether oxygens (including phenoxy) is 2. The Labute approximate surface area is 175 Å². The summed E-state index contributed by atoms with van der Waals surface area (Å²) in [5.41, 5.74) is 1.84. The minimum absolute atomic E-state index is 0.0618. The van der Waals surface area contributed by atoms with E-state index in [0.717, 1.165) is 23.5 Å². The number of carbonyl (C=O) groups is 1. The zero-order valence-corrected chi connectivity index (χ0v) is 17.0. The Morgan fingerprint density at radius 3 is 2.67 bits per heavy atom. The van der Waals surface area contributed by atoms with Crippen LogP contribution in [0, 0.1) is 5.92 Å². The molecule has 4 rings (SSSR count). The number of pyridine rings is 1. The van der Waals surface area contributed by atoms with Crippen molar-refractivity contribution in [1.29, 1.82) is 0 Å². The van der Waals surface area contributed by atoms with Gasteiger partial charge < -0.3 is 19.2 Å². The lowest BCUT2D eigenvalue weighted by Crippen LogP contribution is -2.23. The van der Waals surface area contributed by atoms with Crippen LogP contribution in [0.2, 0.25) is 0 Å². The maximum Gasteiger partial charge on any atom is 0.220 e. The topological polar surface area (TPSA) is 86.5 Å². The van der Waals surface area contributed by atoms with E-state index in [0.29, 0.717) is 42.8 Å². The smallest absolute Gasteiger partial charge is 0.220 e. The standard InChI is InChI=1S/C23H25N3O4/c1-28-19-7-5-18(6-8-19)20-14-26-23(30-20)11-9-21(27)24-12-17-4-10-22(25-13-17)29-15-16-2-3-16/h4-8,10,13-14,16H,2-3,9,11-12,15H2,1H3,(H,24,27). The number of benzene rings is 1. The Hall–Kier alpha value is -3.35. The van der Waals surface area contributed by atoms with Gasteiger partial charge in [-0.3, -0.25) is 4.79 Å².